The molecule has 6 nitrogen and oxygen atoms in total. The van der Waals surface area contributed by atoms with Crippen LogP contribution in [0.5, 0.6) is 0 Å². The number of nitrogens with one attached hydrogen (secondary N) is 1. The van der Waals surface area contributed by atoms with Gasteiger partial charge in [-0.15, -0.1) is 12.4 Å². The quantitative estimate of drug-likeness (QED) is 0.791. The van der Waals surface area contributed by atoms with Gasteiger partial charge >= 0.3 is 0 Å². The lowest BCUT2D eigenvalue weighted by Crippen LogP contribution is -2.56. The average molecular weight is 322 g/mol. The fourth-order valence-corrected chi connectivity index (χ4v) is 2.34. The molecule has 2 amide bonds. The summed E-state index contributed by atoms with van der Waals surface area (Å²) in [5.41, 5.74) is 5.38. The largest absolute Gasteiger partial charge is 0.369 e. The van der Waals surface area contributed by atoms with Crippen LogP contribution >= 0.6 is 12.4 Å². The molecule has 1 aliphatic heterocycles. The topological polar surface area (TPSA) is 84.7 Å². The maximum atomic E-state index is 12.1. The number of nitrogens with two attached hydrogens (primary N) is 1. The molecule has 0 bridgehead atoms. The Balaban J connectivity index is 0.00000400. The minimum Gasteiger partial charge on any atom is -0.369 e. The summed E-state index contributed by atoms with van der Waals surface area (Å²) in [5, 5.41) is 2.61. The van der Waals surface area contributed by atoms with Crippen molar-refractivity contribution in [3.05, 3.63) is 0 Å². The highest BCUT2D eigenvalue weighted by Crippen LogP contribution is 2.20. The van der Waals surface area contributed by atoms with E-state index in [0.29, 0.717) is 13.1 Å². The van der Waals surface area contributed by atoms with Crippen molar-refractivity contribution in [1.82, 2.24) is 10.2 Å². The number of rotatable bonds is 4. The van der Waals surface area contributed by atoms with Crippen LogP contribution in [-0.2, 0) is 14.3 Å². The number of morpholine rings is 1. The molecule has 0 aromatic rings. The van der Waals surface area contributed by atoms with Crippen LogP contribution in [0, 0.1) is 5.92 Å². The van der Waals surface area contributed by atoms with Gasteiger partial charge in [-0.3, -0.25) is 9.59 Å². The summed E-state index contributed by atoms with van der Waals surface area (Å²) in [6.45, 7) is 10.7. The summed E-state index contributed by atoms with van der Waals surface area (Å²) < 4.78 is 5.75. The predicted molar refractivity (Wildman–Crippen MR) is 84.3 cm³/mol. The molecule has 0 aliphatic carbocycles. The van der Waals surface area contributed by atoms with E-state index in [9.17, 15) is 9.59 Å². The number of amides is 2. The first kappa shape index (κ1) is 20.1. The molecule has 2 atom stereocenters. The Labute approximate surface area is 133 Å². The molecule has 0 spiro atoms. The third-order valence-electron chi connectivity index (χ3n) is 3.36. The zero-order chi connectivity index (χ0) is 15.5. The van der Waals surface area contributed by atoms with E-state index in [1.54, 1.807) is 4.90 Å². The summed E-state index contributed by atoms with van der Waals surface area (Å²) >= 11 is 0. The van der Waals surface area contributed by atoms with Crippen molar-refractivity contribution in [2.45, 2.75) is 52.4 Å². The van der Waals surface area contributed by atoms with Crippen molar-refractivity contribution in [3.8, 4) is 0 Å². The van der Waals surface area contributed by atoms with Crippen LogP contribution in [0.2, 0.25) is 0 Å². The van der Waals surface area contributed by atoms with Crippen LogP contribution < -0.4 is 11.1 Å². The molecule has 3 N–H and O–H groups in total. The van der Waals surface area contributed by atoms with Gasteiger partial charge < -0.3 is 20.7 Å². The van der Waals surface area contributed by atoms with E-state index >= 15 is 0 Å². The van der Waals surface area contributed by atoms with Crippen molar-refractivity contribution >= 4 is 24.2 Å². The first-order valence-electron chi connectivity index (χ1n) is 7.11. The lowest BCUT2D eigenvalue weighted by Gasteiger charge is -2.41. The number of ether oxygens (including phenoxy) is 1. The number of carbonyl (C=O) groups excluding carboxylic acids is 2. The zero-order valence-corrected chi connectivity index (χ0v) is 14.3. The van der Waals surface area contributed by atoms with Crippen LogP contribution in [0.1, 0.15) is 34.6 Å². The molecule has 7 heteroatoms. The average Bonchev–Trinajstić information content (AvgIpc) is 2.31. The van der Waals surface area contributed by atoms with E-state index in [-0.39, 0.29) is 48.4 Å². The molecule has 21 heavy (non-hydrogen) atoms. The fourth-order valence-electron chi connectivity index (χ4n) is 2.34. The van der Waals surface area contributed by atoms with E-state index in [1.807, 2.05) is 34.6 Å². The Morgan fingerprint density at radius 1 is 1.43 bits per heavy atom. The number of hydrogen-bond donors (Lipinski definition) is 2. The maximum absolute atomic E-state index is 12.1. The summed E-state index contributed by atoms with van der Waals surface area (Å²) in [6, 6.07) is -0.581. The predicted octanol–water partition coefficient (Wildman–Crippen LogP) is 0.534. The van der Waals surface area contributed by atoms with Crippen LogP contribution in [0.25, 0.3) is 0 Å². The monoisotopic (exact) mass is 321 g/mol. The van der Waals surface area contributed by atoms with Crippen molar-refractivity contribution in [2.75, 3.05) is 19.6 Å². The van der Waals surface area contributed by atoms with Crippen molar-refractivity contribution in [3.63, 3.8) is 0 Å². The molecular formula is C14H28ClN3O3. The SMILES string of the molecule is CC1CN(C(=O)CNC(=O)[C@@H](N)C(C)C)CC(C)(C)O1.Cl. The lowest BCUT2D eigenvalue weighted by molar-refractivity contribution is -0.157. The maximum Gasteiger partial charge on any atom is 0.242 e. The zero-order valence-electron chi connectivity index (χ0n) is 13.5. The van der Waals surface area contributed by atoms with Gasteiger partial charge in [0.1, 0.15) is 0 Å². The van der Waals surface area contributed by atoms with Crippen molar-refractivity contribution in [1.29, 1.82) is 0 Å². The molecule has 0 saturated carbocycles. The summed E-state index contributed by atoms with van der Waals surface area (Å²) in [5.74, 6) is -0.334. The van der Waals surface area contributed by atoms with Crippen LogP contribution in [0.15, 0.2) is 0 Å². The highest BCUT2D eigenvalue weighted by molar-refractivity contribution is 5.87. The molecule has 1 heterocycles. The Hall–Kier alpha value is -0.850. The van der Waals surface area contributed by atoms with Crippen LogP contribution in [0.3, 0.4) is 0 Å². The molecule has 124 valence electrons. The third-order valence-corrected chi connectivity index (χ3v) is 3.36. The minimum absolute atomic E-state index is 0. The normalized spacial score (nSPS) is 22.4. The number of halogens is 1. The van der Waals surface area contributed by atoms with Crippen molar-refractivity contribution in [2.24, 2.45) is 11.7 Å². The molecule has 0 aromatic heterocycles. The van der Waals surface area contributed by atoms with E-state index in [4.69, 9.17) is 10.5 Å². The Morgan fingerprint density at radius 3 is 2.48 bits per heavy atom. The van der Waals surface area contributed by atoms with Gasteiger partial charge in [-0.25, -0.2) is 0 Å². The molecule has 0 radical (unpaired) electrons. The van der Waals surface area contributed by atoms with E-state index < -0.39 is 6.04 Å². The first-order valence-corrected chi connectivity index (χ1v) is 7.11. The highest BCUT2D eigenvalue weighted by Gasteiger charge is 2.33. The molecule has 1 aliphatic rings. The second kappa shape index (κ2) is 7.96. The molecule has 1 saturated heterocycles. The lowest BCUT2D eigenvalue weighted by atomic mass is 10.0. The van der Waals surface area contributed by atoms with E-state index in [2.05, 4.69) is 5.32 Å². The summed E-state index contributed by atoms with van der Waals surface area (Å²) in [4.78, 5) is 25.6. The van der Waals surface area contributed by atoms with Gasteiger partial charge in [-0.1, -0.05) is 13.8 Å². The smallest absolute Gasteiger partial charge is 0.242 e. The second-order valence-corrected chi connectivity index (χ2v) is 6.45. The van der Waals surface area contributed by atoms with Gasteiger partial charge in [0.05, 0.1) is 24.3 Å². The Morgan fingerprint density at radius 2 is 2.00 bits per heavy atom. The number of nitrogens with zero attached hydrogens (tertiary/aromatic N) is 1. The van der Waals surface area contributed by atoms with Gasteiger partial charge in [-0.05, 0) is 26.7 Å². The Kier molecular flexibility index (Phi) is 7.64. The number of hydrogen-bond acceptors (Lipinski definition) is 4. The first-order chi connectivity index (χ1) is 9.12. The van der Waals surface area contributed by atoms with Crippen molar-refractivity contribution < 1.29 is 14.3 Å². The molecule has 1 rings (SSSR count). The molecule has 1 unspecified atom stereocenters. The van der Waals surface area contributed by atoms with E-state index in [0.717, 1.165) is 0 Å². The molecular weight excluding hydrogens is 294 g/mol. The van der Waals surface area contributed by atoms with Gasteiger partial charge in [0, 0.05) is 13.1 Å². The second-order valence-electron chi connectivity index (χ2n) is 6.45. The summed E-state index contributed by atoms with van der Waals surface area (Å²) in [7, 11) is 0. The van der Waals surface area contributed by atoms with Crippen LogP contribution in [-0.4, -0.2) is 54.1 Å². The summed E-state index contributed by atoms with van der Waals surface area (Å²) in [6.07, 6.45) is -0.00341. The third kappa shape index (κ3) is 6.20. The van der Waals surface area contributed by atoms with Crippen LogP contribution in [0.4, 0.5) is 0 Å². The highest BCUT2D eigenvalue weighted by atomic mass is 35.5. The molecule has 1 fully saturated rings. The van der Waals surface area contributed by atoms with E-state index in [1.165, 1.54) is 0 Å². The minimum atomic E-state index is -0.581. The van der Waals surface area contributed by atoms with Gasteiger partial charge in [0.15, 0.2) is 0 Å². The fraction of sp³-hybridized carbons (Fsp3) is 0.857. The van der Waals surface area contributed by atoms with Gasteiger partial charge in [0.25, 0.3) is 0 Å². The van der Waals surface area contributed by atoms with Gasteiger partial charge in [-0.2, -0.15) is 0 Å². The molecule has 0 aromatic carbocycles. The number of carbonyl (C=O) groups is 2. The Bertz CT molecular complexity index is 374. The standard InChI is InChI=1S/C14H27N3O3.ClH/c1-9(2)12(15)13(19)16-6-11(18)17-7-10(3)20-14(4,5)8-17;/h9-10,12H,6-8,15H2,1-5H3,(H,16,19);1H/t10?,12-;/m0./s1. The van der Waals surface area contributed by atoms with Gasteiger partial charge in [0.2, 0.25) is 11.8 Å².